The molecule has 0 saturated heterocycles. The van der Waals surface area contributed by atoms with Crippen molar-refractivity contribution in [3.05, 3.63) is 81.1 Å². The molecule has 0 atom stereocenters. The van der Waals surface area contributed by atoms with E-state index in [1.807, 2.05) is 37.3 Å². The fourth-order valence-corrected chi connectivity index (χ4v) is 2.58. The molecule has 0 amide bonds. The minimum Gasteiger partial charge on any atom is -0.278 e. The summed E-state index contributed by atoms with van der Waals surface area (Å²) < 4.78 is 1.63. The van der Waals surface area contributed by atoms with Gasteiger partial charge in [0.1, 0.15) is 5.15 Å². The summed E-state index contributed by atoms with van der Waals surface area (Å²) in [6.45, 7) is 1.83. The molecule has 3 rings (SSSR count). The van der Waals surface area contributed by atoms with Gasteiger partial charge in [0.25, 0.3) is 5.69 Å². The van der Waals surface area contributed by atoms with E-state index in [-0.39, 0.29) is 5.69 Å². The first-order valence-electron chi connectivity index (χ1n) is 7.40. The van der Waals surface area contributed by atoms with Gasteiger partial charge < -0.3 is 0 Å². The largest absolute Gasteiger partial charge is 0.278 e. The Morgan fingerprint density at radius 2 is 2.00 bits per heavy atom. The van der Waals surface area contributed by atoms with Crippen molar-refractivity contribution < 1.29 is 4.92 Å². The van der Waals surface area contributed by atoms with E-state index in [9.17, 15) is 10.1 Å². The van der Waals surface area contributed by atoms with Crippen LogP contribution in [0.15, 0.2) is 59.7 Å². The average molecular weight is 356 g/mol. The summed E-state index contributed by atoms with van der Waals surface area (Å²) in [6, 6.07) is 15.6. The maximum atomic E-state index is 10.8. The SMILES string of the molecule is Cc1nn(-c2ccccc2)c(Cl)c1/C=N/Nc1cccc([N+](=O)[O-])c1. The highest BCUT2D eigenvalue weighted by Crippen LogP contribution is 2.22. The molecule has 3 aromatic rings. The van der Waals surface area contributed by atoms with Crippen molar-refractivity contribution in [2.24, 2.45) is 5.10 Å². The number of hydrogen-bond donors (Lipinski definition) is 1. The Bertz CT molecular complexity index is 937. The Balaban J connectivity index is 1.82. The van der Waals surface area contributed by atoms with Crippen molar-refractivity contribution in [3.63, 3.8) is 0 Å². The Labute approximate surface area is 148 Å². The monoisotopic (exact) mass is 355 g/mol. The molecule has 25 heavy (non-hydrogen) atoms. The molecular formula is C17H14ClN5O2. The fourth-order valence-electron chi connectivity index (χ4n) is 2.26. The molecule has 126 valence electrons. The van der Waals surface area contributed by atoms with Crippen molar-refractivity contribution in [2.45, 2.75) is 6.92 Å². The average Bonchev–Trinajstić information content (AvgIpc) is 2.91. The number of benzene rings is 2. The molecule has 0 aliphatic carbocycles. The van der Waals surface area contributed by atoms with Crippen LogP contribution in [0.2, 0.25) is 5.15 Å². The topological polar surface area (TPSA) is 85.3 Å². The van der Waals surface area contributed by atoms with Crippen molar-refractivity contribution in [2.75, 3.05) is 5.43 Å². The quantitative estimate of drug-likeness (QED) is 0.422. The zero-order chi connectivity index (χ0) is 17.8. The summed E-state index contributed by atoms with van der Waals surface area (Å²) in [5.74, 6) is 0. The second-order valence-corrected chi connectivity index (χ2v) is 5.57. The minimum absolute atomic E-state index is 0.00805. The zero-order valence-corrected chi connectivity index (χ0v) is 14.0. The highest BCUT2D eigenvalue weighted by Gasteiger charge is 2.13. The Morgan fingerprint density at radius 1 is 1.24 bits per heavy atom. The van der Waals surface area contributed by atoms with Crippen LogP contribution >= 0.6 is 11.6 Å². The van der Waals surface area contributed by atoms with Gasteiger partial charge in [0.05, 0.1) is 33.8 Å². The normalized spacial score (nSPS) is 11.0. The molecule has 0 aliphatic heterocycles. The van der Waals surface area contributed by atoms with Gasteiger partial charge in [-0.15, -0.1) is 0 Å². The van der Waals surface area contributed by atoms with Crippen LogP contribution in [0.3, 0.4) is 0 Å². The number of aromatic nitrogens is 2. The van der Waals surface area contributed by atoms with Gasteiger partial charge in [0.15, 0.2) is 0 Å². The van der Waals surface area contributed by atoms with Gasteiger partial charge in [-0.05, 0) is 25.1 Å². The van der Waals surface area contributed by atoms with E-state index in [2.05, 4.69) is 15.6 Å². The maximum Gasteiger partial charge on any atom is 0.271 e. The minimum atomic E-state index is -0.459. The number of nitrogens with one attached hydrogen (secondary N) is 1. The number of para-hydroxylation sites is 1. The van der Waals surface area contributed by atoms with Gasteiger partial charge in [-0.1, -0.05) is 35.9 Å². The van der Waals surface area contributed by atoms with Gasteiger partial charge in [-0.25, -0.2) is 4.68 Å². The predicted octanol–water partition coefficient (Wildman–Crippen LogP) is 4.19. The summed E-state index contributed by atoms with van der Waals surface area (Å²) in [6.07, 6.45) is 1.54. The number of nitro benzene ring substituents is 1. The van der Waals surface area contributed by atoms with E-state index in [0.717, 1.165) is 11.4 Å². The lowest BCUT2D eigenvalue weighted by Gasteiger charge is -2.02. The van der Waals surface area contributed by atoms with Gasteiger partial charge in [0.2, 0.25) is 0 Å². The molecule has 0 aliphatic rings. The standard InChI is InChI=1S/C17H14ClN5O2/c1-12-16(17(18)22(21-12)14-7-3-2-4-8-14)11-19-20-13-6-5-9-15(10-13)23(24)25/h2-11,20H,1H3/b19-11+. The van der Waals surface area contributed by atoms with Gasteiger partial charge >= 0.3 is 0 Å². The van der Waals surface area contributed by atoms with Gasteiger partial charge in [0, 0.05) is 12.1 Å². The molecule has 1 heterocycles. The Kier molecular flexibility index (Phi) is 4.76. The van der Waals surface area contributed by atoms with Crippen LogP contribution < -0.4 is 5.43 Å². The molecule has 8 heteroatoms. The lowest BCUT2D eigenvalue weighted by Crippen LogP contribution is -1.96. The first-order valence-corrected chi connectivity index (χ1v) is 7.78. The summed E-state index contributed by atoms with van der Waals surface area (Å²) in [7, 11) is 0. The fraction of sp³-hybridized carbons (Fsp3) is 0.0588. The number of nitro groups is 1. The molecule has 0 unspecified atom stereocenters. The number of non-ortho nitro benzene ring substituents is 1. The van der Waals surface area contributed by atoms with Crippen molar-refractivity contribution in [1.82, 2.24) is 9.78 Å². The molecule has 0 radical (unpaired) electrons. The summed E-state index contributed by atoms with van der Waals surface area (Å²) >= 11 is 6.40. The second kappa shape index (κ2) is 7.14. The highest BCUT2D eigenvalue weighted by molar-refractivity contribution is 6.32. The number of nitrogens with zero attached hydrogens (tertiary/aromatic N) is 4. The van der Waals surface area contributed by atoms with Gasteiger partial charge in [-0.3, -0.25) is 15.5 Å². The summed E-state index contributed by atoms with van der Waals surface area (Å²) in [5, 5.41) is 19.7. The van der Waals surface area contributed by atoms with Crippen LogP contribution in [0.25, 0.3) is 5.69 Å². The van der Waals surface area contributed by atoms with E-state index in [4.69, 9.17) is 11.6 Å². The van der Waals surface area contributed by atoms with Crippen LogP contribution in [0, 0.1) is 17.0 Å². The van der Waals surface area contributed by atoms with Gasteiger partial charge in [-0.2, -0.15) is 10.2 Å². The van der Waals surface area contributed by atoms with E-state index < -0.39 is 4.92 Å². The lowest BCUT2D eigenvalue weighted by molar-refractivity contribution is -0.384. The zero-order valence-electron chi connectivity index (χ0n) is 13.3. The predicted molar refractivity (Wildman–Crippen MR) is 97.6 cm³/mol. The first-order chi connectivity index (χ1) is 12.1. The molecule has 1 aromatic heterocycles. The molecular weight excluding hydrogens is 342 g/mol. The maximum absolute atomic E-state index is 10.8. The number of aryl methyl sites for hydroxylation is 1. The first kappa shape index (κ1) is 16.7. The van der Waals surface area contributed by atoms with Crippen molar-refractivity contribution in [1.29, 1.82) is 0 Å². The van der Waals surface area contributed by atoms with Crippen LogP contribution in [0.1, 0.15) is 11.3 Å². The lowest BCUT2D eigenvalue weighted by atomic mass is 10.3. The Hall–Kier alpha value is -3.19. The third-order valence-corrected chi connectivity index (χ3v) is 3.86. The molecule has 0 saturated carbocycles. The van der Waals surface area contributed by atoms with E-state index in [1.54, 1.807) is 23.0 Å². The number of halogens is 1. The van der Waals surface area contributed by atoms with E-state index >= 15 is 0 Å². The number of anilines is 1. The summed E-state index contributed by atoms with van der Waals surface area (Å²) in [4.78, 5) is 10.3. The molecule has 1 N–H and O–H groups in total. The second-order valence-electron chi connectivity index (χ2n) is 5.21. The Morgan fingerprint density at radius 3 is 2.72 bits per heavy atom. The number of hydrogen-bond acceptors (Lipinski definition) is 5. The van der Waals surface area contributed by atoms with Crippen molar-refractivity contribution in [3.8, 4) is 5.69 Å². The molecule has 0 bridgehead atoms. The summed E-state index contributed by atoms with van der Waals surface area (Å²) in [5.41, 5.74) is 5.50. The van der Waals surface area contributed by atoms with Crippen LogP contribution in [-0.2, 0) is 0 Å². The number of rotatable bonds is 5. The third-order valence-electron chi connectivity index (χ3n) is 3.49. The van der Waals surface area contributed by atoms with Crippen molar-refractivity contribution >= 4 is 29.2 Å². The van der Waals surface area contributed by atoms with Crippen LogP contribution in [0.5, 0.6) is 0 Å². The highest BCUT2D eigenvalue weighted by atomic mass is 35.5. The molecule has 2 aromatic carbocycles. The molecule has 0 spiro atoms. The molecule has 0 fully saturated rings. The van der Waals surface area contributed by atoms with Crippen LogP contribution in [0.4, 0.5) is 11.4 Å². The van der Waals surface area contributed by atoms with Crippen LogP contribution in [-0.4, -0.2) is 20.9 Å². The molecule has 7 nitrogen and oxygen atoms in total. The number of hydrazone groups is 1. The van der Waals surface area contributed by atoms with E-state index in [0.29, 0.717) is 16.4 Å². The van der Waals surface area contributed by atoms with E-state index in [1.165, 1.54) is 12.1 Å². The smallest absolute Gasteiger partial charge is 0.271 e. The third kappa shape index (κ3) is 3.67.